The van der Waals surface area contributed by atoms with Crippen molar-refractivity contribution in [2.45, 2.75) is 50.6 Å². The number of amides is 1. The Morgan fingerprint density at radius 2 is 2.03 bits per heavy atom. The molecule has 31 heavy (non-hydrogen) atoms. The maximum Gasteiger partial charge on any atom is 0.253 e. The number of hydrogen-bond acceptors (Lipinski definition) is 5. The monoisotopic (exact) mass is 443 g/mol. The molecule has 1 amide bonds. The molecule has 0 saturated carbocycles. The number of benzene rings is 1. The lowest BCUT2D eigenvalue weighted by molar-refractivity contribution is -0.140. The summed E-state index contributed by atoms with van der Waals surface area (Å²) in [7, 11) is -3.41. The van der Waals surface area contributed by atoms with Crippen molar-refractivity contribution in [3.8, 4) is 0 Å². The molecule has 2 aliphatic rings. The number of carbonyl (C=O) groups is 1. The van der Waals surface area contributed by atoms with Gasteiger partial charge in [0.2, 0.25) is 10.0 Å². The van der Waals surface area contributed by atoms with Crippen LogP contribution in [-0.2, 0) is 25.3 Å². The van der Waals surface area contributed by atoms with E-state index in [4.69, 9.17) is 4.74 Å². The maximum atomic E-state index is 13.0. The average Bonchev–Trinajstić information content (AvgIpc) is 3.18. The highest BCUT2D eigenvalue weighted by atomic mass is 32.2. The minimum absolute atomic E-state index is 0.00397. The fourth-order valence-electron chi connectivity index (χ4n) is 4.53. The SMILES string of the molecule is Cc1ccc(CS(=O)(=O)N2CC[C@]3(CC[C@H](C(=O)Nc4cccnc4)O3)[C@H](C)C2)cc1. The second-order valence-electron chi connectivity index (χ2n) is 8.69. The summed E-state index contributed by atoms with van der Waals surface area (Å²) in [5.74, 6) is -0.166. The Morgan fingerprint density at radius 1 is 1.26 bits per heavy atom. The first-order chi connectivity index (χ1) is 14.8. The van der Waals surface area contributed by atoms with Crippen LogP contribution in [0, 0.1) is 12.8 Å². The van der Waals surface area contributed by atoms with E-state index in [1.165, 1.54) is 0 Å². The summed E-state index contributed by atoms with van der Waals surface area (Å²) in [5, 5.41) is 2.85. The third kappa shape index (κ3) is 4.81. The number of nitrogens with one attached hydrogen (secondary N) is 1. The Morgan fingerprint density at radius 3 is 2.71 bits per heavy atom. The Balaban J connectivity index is 1.37. The van der Waals surface area contributed by atoms with Gasteiger partial charge in [-0.2, -0.15) is 0 Å². The van der Waals surface area contributed by atoms with E-state index < -0.39 is 21.7 Å². The molecule has 0 radical (unpaired) electrons. The van der Waals surface area contributed by atoms with Crippen LogP contribution < -0.4 is 5.32 Å². The lowest BCUT2D eigenvalue weighted by atomic mass is 9.81. The van der Waals surface area contributed by atoms with E-state index in [1.54, 1.807) is 28.8 Å². The summed E-state index contributed by atoms with van der Waals surface area (Å²) in [6.07, 6.45) is 4.70. The first kappa shape index (κ1) is 21.9. The molecule has 0 unspecified atom stereocenters. The van der Waals surface area contributed by atoms with Gasteiger partial charge in [0.05, 0.1) is 23.2 Å². The Bertz CT molecular complexity index is 1030. The quantitative estimate of drug-likeness (QED) is 0.767. The van der Waals surface area contributed by atoms with Gasteiger partial charge in [-0.15, -0.1) is 0 Å². The largest absolute Gasteiger partial charge is 0.362 e. The normalized spacial score (nSPS) is 26.8. The second-order valence-corrected chi connectivity index (χ2v) is 10.7. The summed E-state index contributed by atoms with van der Waals surface area (Å²) in [6, 6.07) is 11.2. The molecule has 1 aromatic carbocycles. The topological polar surface area (TPSA) is 88.6 Å². The lowest BCUT2D eigenvalue weighted by Gasteiger charge is -2.43. The van der Waals surface area contributed by atoms with E-state index in [0.717, 1.165) is 17.5 Å². The molecule has 2 aromatic rings. The van der Waals surface area contributed by atoms with Crippen LogP contribution in [0.3, 0.4) is 0 Å². The van der Waals surface area contributed by atoms with Gasteiger partial charge in [0.25, 0.3) is 5.91 Å². The van der Waals surface area contributed by atoms with E-state index in [9.17, 15) is 13.2 Å². The predicted molar refractivity (Wildman–Crippen MR) is 119 cm³/mol. The molecule has 2 aliphatic heterocycles. The predicted octanol–water partition coefficient (Wildman–Crippen LogP) is 3.12. The third-order valence-corrected chi connectivity index (χ3v) is 8.27. The van der Waals surface area contributed by atoms with Crippen molar-refractivity contribution < 1.29 is 17.9 Å². The van der Waals surface area contributed by atoms with Crippen LogP contribution in [-0.4, -0.2) is 48.4 Å². The molecule has 1 aromatic heterocycles. The molecule has 2 fully saturated rings. The van der Waals surface area contributed by atoms with Gasteiger partial charge >= 0.3 is 0 Å². The van der Waals surface area contributed by atoms with E-state index in [-0.39, 0.29) is 17.6 Å². The van der Waals surface area contributed by atoms with Gasteiger partial charge in [0.1, 0.15) is 6.10 Å². The highest BCUT2D eigenvalue weighted by Gasteiger charge is 2.50. The number of sulfonamides is 1. The number of ether oxygens (including phenoxy) is 1. The highest BCUT2D eigenvalue weighted by molar-refractivity contribution is 7.88. The highest BCUT2D eigenvalue weighted by Crippen LogP contribution is 2.43. The molecule has 8 heteroatoms. The van der Waals surface area contributed by atoms with E-state index >= 15 is 0 Å². The molecular weight excluding hydrogens is 414 g/mol. The Labute approximate surface area is 183 Å². The smallest absolute Gasteiger partial charge is 0.253 e. The fraction of sp³-hybridized carbons (Fsp3) is 0.478. The molecule has 1 spiro atoms. The number of anilines is 1. The lowest BCUT2D eigenvalue weighted by Crippen LogP contribution is -2.53. The number of piperidine rings is 1. The van der Waals surface area contributed by atoms with Crippen LogP contribution in [0.15, 0.2) is 48.8 Å². The van der Waals surface area contributed by atoms with Gasteiger partial charge in [-0.05, 0) is 49.8 Å². The van der Waals surface area contributed by atoms with Gasteiger partial charge < -0.3 is 10.1 Å². The minimum atomic E-state index is -3.41. The van der Waals surface area contributed by atoms with Crippen molar-refractivity contribution in [1.29, 1.82) is 0 Å². The van der Waals surface area contributed by atoms with Gasteiger partial charge in [0, 0.05) is 19.3 Å². The molecule has 2 saturated heterocycles. The summed E-state index contributed by atoms with van der Waals surface area (Å²) < 4.78 is 33.8. The zero-order chi connectivity index (χ0) is 22.1. The van der Waals surface area contributed by atoms with E-state index in [1.807, 2.05) is 38.1 Å². The molecule has 4 rings (SSSR count). The van der Waals surface area contributed by atoms with Crippen molar-refractivity contribution in [1.82, 2.24) is 9.29 Å². The molecule has 166 valence electrons. The molecule has 1 N–H and O–H groups in total. The zero-order valence-corrected chi connectivity index (χ0v) is 18.8. The van der Waals surface area contributed by atoms with Gasteiger partial charge in [-0.25, -0.2) is 12.7 Å². The van der Waals surface area contributed by atoms with Crippen LogP contribution in [0.4, 0.5) is 5.69 Å². The molecule has 0 aliphatic carbocycles. The number of aromatic nitrogens is 1. The number of rotatable bonds is 5. The summed E-state index contributed by atoms with van der Waals surface area (Å²) in [4.78, 5) is 16.6. The van der Waals surface area contributed by atoms with E-state index in [2.05, 4.69) is 10.3 Å². The molecule has 3 atom stereocenters. The standard InChI is InChI=1S/C23H29N3O4S/c1-17-5-7-19(8-6-17)16-31(28,29)26-13-11-23(18(2)15-26)10-9-21(30-23)22(27)25-20-4-3-12-24-14-20/h3-8,12,14,18,21H,9-11,13,15-16H2,1-2H3,(H,25,27)/t18-,21-,23-/m1/s1. The van der Waals surface area contributed by atoms with Gasteiger partial charge in [-0.1, -0.05) is 36.8 Å². The summed E-state index contributed by atoms with van der Waals surface area (Å²) >= 11 is 0. The Hall–Kier alpha value is -2.29. The number of pyridine rings is 1. The molecule has 3 heterocycles. The fourth-order valence-corrected chi connectivity index (χ4v) is 6.15. The first-order valence-corrected chi connectivity index (χ1v) is 12.3. The molecule has 7 nitrogen and oxygen atoms in total. The third-order valence-electron chi connectivity index (χ3n) is 6.45. The molecular formula is C23H29N3O4S. The number of hydrogen-bond donors (Lipinski definition) is 1. The van der Waals surface area contributed by atoms with Crippen molar-refractivity contribution in [3.05, 3.63) is 59.9 Å². The van der Waals surface area contributed by atoms with Gasteiger partial charge in [-0.3, -0.25) is 9.78 Å². The first-order valence-electron chi connectivity index (χ1n) is 10.7. The minimum Gasteiger partial charge on any atom is -0.362 e. The number of nitrogens with zero attached hydrogens (tertiary/aromatic N) is 2. The zero-order valence-electron chi connectivity index (χ0n) is 18.0. The van der Waals surface area contributed by atoms with Crippen molar-refractivity contribution in [2.24, 2.45) is 5.92 Å². The average molecular weight is 444 g/mol. The van der Waals surface area contributed by atoms with Crippen LogP contribution in [0.2, 0.25) is 0 Å². The van der Waals surface area contributed by atoms with Crippen LogP contribution in [0.1, 0.15) is 37.3 Å². The Kier molecular flexibility index (Phi) is 6.14. The second kappa shape index (κ2) is 8.68. The van der Waals surface area contributed by atoms with Crippen LogP contribution in [0.25, 0.3) is 0 Å². The van der Waals surface area contributed by atoms with Crippen LogP contribution in [0.5, 0.6) is 0 Å². The maximum absolute atomic E-state index is 13.0. The number of aryl methyl sites for hydroxylation is 1. The van der Waals surface area contributed by atoms with Crippen molar-refractivity contribution >= 4 is 21.6 Å². The summed E-state index contributed by atoms with van der Waals surface area (Å²) in [6.45, 7) is 4.82. The van der Waals surface area contributed by atoms with Crippen molar-refractivity contribution in [2.75, 3.05) is 18.4 Å². The van der Waals surface area contributed by atoms with E-state index in [0.29, 0.717) is 31.6 Å². The van der Waals surface area contributed by atoms with Gasteiger partial charge in [0.15, 0.2) is 0 Å². The summed E-state index contributed by atoms with van der Waals surface area (Å²) in [5.41, 5.74) is 2.09. The van der Waals surface area contributed by atoms with Crippen LogP contribution >= 0.6 is 0 Å². The number of carbonyl (C=O) groups excluding carboxylic acids is 1. The van der Waals surface area contributed by atoms with Crippen molar-refractivity contribution in [3.63, 3.8) is 0 Å². The molecule has 0 bridgehead atoms.